The lowest BCUT2D eigenvalue weighted by Gasteiger charge is -2.18. The first-order valence-corrected chi connectivity index (χ1v) is 8.79. The van der Waals surface area contributed by atoms with Gasteiger partial charge in [0.2, 0.25) is 10.0 Å². The number of nitrogens with two attached hydrogens (primary N) is 1. The van der Waals surface area contributed by atoms with Gasteiger partial charge in [-0.3, -0.25) is 4.79 Å². The average molecular weight is 351 g/mol. The van der Waals surface area contributed by atoms with E-state index in [9.17, 15) is 13.2 Å². The summed E-state index contributed by atoms with van der Waals surface area (Å²) < 4.78 is 32.3. The first kappa shape index (κ1) is 18.2. The molecule has 0 saturated heterocycles. The highest BCUT2D eigenvalue weighted by atomic mass is 32.2. The number of rotatable bonds is 6. The molecule has 0 aromatic heterocycles. The second kappa shape index (κ2) is 7.16. The molecule has 1 atom stereocenters. The number of esters is 1. The number of methoxy groups -OCH3 is 1. The van der Waals surface area contributed by atoms with Crippen LogP contribution in [0.5, 0.6) is 0 Å². The van der Waals surface area contributed by atoms with E-state index >= 15 is 0 Å². The van der Waals surface area contributed by atoms with E-state index in [-0.39, 0.29) is 11.4 Å². The smallest absolute Gasteiger partial charge is 0.325 e. The van der Waals surface area contributed by atoms with Crippen molar-refractivity contribution in [1.29, 1.82) is 0 Å². The molecule has 0 fully saturated rings. The Morgan fingerprint density at radius 2 is 1.83 bits per heavy atom. The Kier molecular flexibility index (Phi) is 5.43. The molecule has 2 rings (SSSR count). The number of hydrogen-bond acceptors (Lipinski definition) is 6. The van der Waals surface area contributed by atoms with Crippen LogP contribution in [-0.2, 0) is 19.6 Å². The summed E-state index contributed by atoms with van der Waals surface area (Å²) in [7, 11) is 1.01. The van der Waals surface area contributed by atoms with Gasteiger partial charge in [-0.2, -0.15) is 4.72 Å². The van der Waals surface area contributed by atoms with Gasteiger partial charge in [0, 0.05) is 37.1 Å². The number of carbonyl (C=O) groups excluding carboxylic acids is 1. The molecule has 2 aromatic carbocycles. The third kappa shape index (κ3) is 3.50. The van der Waals surface area contributed by atoms with Crippen molar-refractivity contribution < 1.29 is 17.9 Å². The Labute approximate surface area is 141 Å². The Morgan fingerprint density at radius 3 is 2.42 bits per heavy atom. The first-order valence-electron chi connectivity index (χ1n) is 7.31. The van der Waals surface area contributed by atoms with E-state index in [0.29, 0.717) is 5.39 Å². The highest BCUT2D eigenvalue weighted by Crippen LogP contribution is 2.30. The van der Waals surface area contributed by atoms with E-state index in [1.165, 1.54) is 13.2 Å². The van der Waals surface area contributed by atoms with Gasteiger partial charge in [0.15, 0.2) is 0 Å². The van der Waals surface area contributed by atoms with Crippen LogP contribution in [0.1, 0.15) is 0 Å². The summed E-state index contributed by atoms with van der Waals surface area (Å²) >= 11 is 0. The van der Waals surface area contributed by atoms with E-state index in [1.807, 2.05) is 31.1 Å². The largest absolute Gasteiger partial charge is 0.468 e. The Morgan fingerprint density at radius 1 is 1.21 bits per heavy atom. The monoisotopic (exact) mass is 351 g/mol. The standard InChI is InChI=1S/C16H21N3O4S/c1-19(2)14-8-4-7-12-11(14)6-5-9-15(12)24(21,22)18-13(10-17)16(20)23-3/h4-9,13,18H,10,17H2,1-3H3. The maximum atomic E-state index is 12.7. The zero-order valence-electron chi connectivity index (χ0n) is 13.8. The number of anilines is 1. The van der Waals surface area contributed by atoms with Crippen LogP contribution in [0.25, 0.3) is 10.8 Å². The average Bonchev–Trinajstić information content (AvgIpc) is 2.57. The summed E-state index contributed by atoms with van der Waals surface area (Å²) in [5, 5.41) is 1.37. The number of hydrogen-bond donors (Lipinski definition) is 2. The SMILES string of the molecule is COC(=O)C(CN)NS(=O)(=O)c1cccc2c(N(C)C)cccc12. The molecule has 3 N–H and O–H groups in total. The van der Waals surface area contributed by atoms with Crippen LogP contribution in [0.15, 0.2) is 41.3 Å². The van der Waals surface area contributed by atoms with Crippen molar-refractivity contribution in [2.75, 3.05) is 32.6 Å². The summed E-state index contributed by atoms with van der Waals surface area (Å²) in [5.41, 5.74) is 6.37. The van der Waals surface area contributed by atoms with Crippen molar-refractivity contribution in [3.8, 4) is 0 Å². The molecule has 0 heterocycles. The predicted octanol–water partition coefficient (Wildman–Crippen LogP) is 0.684. The maximum absolute atomic E-state index is 12.7. The lowest BCUT2D eigenvalue weighted by atomic mass is 10.1. The van der Waals surface area contributed by atoms with Gasteiger partial charge < -0.3 is 15.4 Å². The lowest BCUT2D eigenvalue weighted by Crippen LogP contribution is -2.46. The van der Waals surface area contributed by atoms with Gasteiger partial charge in [0.25, 0.3) is 0 Å². The minimum Gasteiger partial charge on any atom is -0.468 e. The molecule has 8 heteroatoms. The normalized spacial score (nSPS) is 12.8. The first-order chi connectivity index (χ1) is 11.3. The van der Waals surface area contributed by atoms with Gasteiger partial charge >= 0.3 is 5.97 Å². The molecule has 130 valence electrons. The number of nitrogens with one attached hydrogen (secondary N) is 1. The fourth-order valence-electron chi connectivity index (χ4n) is 2.47. The van der Waals surface area contributed by atoms with E-state index < -0.39 is 22.0 Å². The van der Waals surface area contributed by atoms with Gasteiger partial charge in [-0.05, 0) is 12.1 Å². The van der Waals surface area contributed by atoms with Crippen molar-refractivity contribution in [3.63, 3.8) is 0 Å². The third-order valence-electron chi connectivity index (χ3n) is 3.65. The minimum absolute atomic E-state index is 0.0889. The van der Waals surface area contributed by atoms with Crippen molar-refractivity contribution in [2.24, 2.45) is 5.73 Å². The van der Waals surface area contributed by atoms with Crippen molar-refractivity contribution in [3.05, 3.63) is 36.4 Å². The summed E-state index contributed by atoms with van der Waals surface area (Å²) in [5.74, 6) is -0.727. The Bertz CT molecular complexity index is 850. The van der Waals surface area contributed by atoms with Crippen LogP contribution in [0.4, 0.5) is 5.69 Å². The molecule has 7 nitrogen and oxygen atoms in total. The molecule has 0 aliphatic heterocycles. The van der Waals surface area contributed by atoms with Crippen LogP contribution in [0.3, 0.4) is 0 Å². The van der Waals surface area contributed by atoms with Crippen LogP contribution >= 0.6 is 0 Å². The number of sulfonamides is 1. The number of nitrogens with zero attached hydrogens (tertiary/aromatic N) is 1. The summed E-state index contributed by atoms with van der Waals surface area (Å²) in [6.07, 6.45) is 0. The van der Waals surface area contributed by atoms with Gasteiger partial charge in [0.1, 0.15) is 6.04 Å². The highest BCUT2D eigenvalue weighted by Gasteiger charge is 2.26. The van der Waals surface area contributed by atoms with E-state index in [0.717, 1.165) is 11.1 Å². The van der Waals surface area contributed by atoms with Gasteiger partial charge in [0.05, 0.1) is 12.0 Å². The fourth-order valence-corrected chi connectivity index (χ4v) is 3.89. The fraction of sp³-hybridized carbons (Fsp3) is 0.312. The molecule has 1 unspecified atom stereocenters. The van der Waals surface area contributed by atoms with Crippen LogP contribution in [0.2, 0.25) is 0 Å². The molecular weight excluding hydrogens is 330 g/mol. The van der Waals surface area contributed by atoms with Crippen molar-refractivity contribution in [1.82, 2.24) is 4.72 Å². The third-order valence-corrected chi connectivity index (χ3v) is 5.18. The summed E-state index contributed by atoms with van der Waals surface area (Å²) in [6.45, 7) is -0.195. The Balaban J connectivity index is 2.55. The van der Waals surface area contributed by atoms with E-state index in [4.69, 9.17) is 5.73 Å². The second-order valence-corrected chi connectivity index (χ2v) is 7.14. The quantitative estimate of drug-likeness (QED) is 0.742. The number of carbonyl (C=O) groups is 1. The summed E-state index contributed by atoms with van der Waals surface area (Å²) in [6, 6.07) is 9.30. The maximum Gasteiger partial charge on any atom is 0.325 e. The van der Waals surface area contributed by atoms with Crippen LogP contribution in [-0.4, -0.2) is 48.2 Å². The lowest BCUT2D eigenvalue weighted by molar-refractivity contribution is -0.142. The minimum atomic E-state index is -3.95. The second-order valence-electron chi connectivity index (χ2n) is 5.46. The molecule has 0 aliphatic rings. The predicted molar refractivity (Wildman–Crippen MR) is 93.5 cm³/mol. The molecule has 0 amide bonds. The molecule has 0 bridgehead atoms. The topological polar surface area (TPSA) is 102 Å². The summed E-state index contributed by atoms with van der Waals surface area (Å²) in [4.78, 5) is 13.6. The van der Waals surface area contributed by atoms with E-state index in [1.54, 1.807) is 18.2 Å². The van der Waals surface area contributed by atoms with Crippen LogP contribution < -0.4 is 15.4 Å². The Hall–Kier alpha value is -2.16. The van der Waals surface area contributed by atoms with Crippen LogP contribution in [0, 0.1) is 0 Å². The number of ether oxygens (including phenoxy) is 1. The molecule has 24 heavy (non-hydrogen) atoms. The van der Waals surface area contributed by atoms with E-state index in [2.05, 4.69) is 9.46 Å². The number of benzene rings is 2. The van der Waals surface area contributed by atoms with Gasteiger partial charge in [-0.1, -0.05) is 24.3 Å². The number of fused-ring (bicyclic) bond motifs is 1. The molecular formula is C16H21N3O4S. The van der Waals surface area contributed by atoms with Crippen molar-refractivity contribution in [2.45, 2.75) is 10.9 Å². The van der Waals surface area contributed by atoms with Gasteiger partial charge in [-0.25, -0.2) is 8.42 Å². The highest BCUT2D eigenvalue weighted by molar-refractivity contribution is 7.89. The molecule has 0 saturated carbocycles. The zero-order chi connectivity index (χ0) is 17.9. The molecule has 0 radical (unpaired) electrons. The zero-order valence-corrected chi connectivity index (χ0v) is 14.6. The molecule has 0 spiro atoms. The molecule has 0 aliphatic carbocycles. The van der Waals surface area contributed by atoms with Crippen molar-refractivity contribution >= 4 is 32.5 Å². The molecule has 2 aromatic rings. The van der Waals surface area contributed by atoms with Gasteiger partial charge in [-0.15, -0.1) is 0 Å².